The first-order valence-electron chi connectivity index (χ1n) is 14.6. The average Bonchev–Trinajstić information content (AvgIpc) is 3.61. The maximum absolute atomic E-state index is 2.43. The zero-order chi connectivity index (χ0) is 28.3. The molecular weight excluding hydrogens is 541 g/mol. The van der Waals surface area contributed by atoms with Gasteiger partial charge in [0.2, 0.25) is 0 Å². The molecule has 2 heterocycles. The summed E-state index contributed by atoms with van der Waals surface area (Å²) >= 11 is 1.86. The molecule has 0 saturated carbocycles. The van der Waals surface area contributed by atoms with Crippen molar-refractivity contribution in [2.75, 3.05) is 4.90 Å². The summed E-state index contributed by atoms with van der Waals surface area (Å²) in [7, 11) is 0. The summed E-state index contributed by atoms with van der Waals surface area (Å²) in [4.78, 5) is 2.43. The largest absolute Gasteiger partial charge is 0.310 e. The molecule has 0 aliphatic heterocycles. The average molecular weight is 567 g/mol. The highest BCUT2D eigenvalue weighted by molar-refractivity contribution is 7.25. The third-order valence-corrected chi connectivity index (χ3v) is 9.71. The van der Waals surface area contributed by atoms with Crippen molar-refractivity contribution >= 4 is 81.1 Å². The molecule has 7 aromatic carbocycles. The van der Waals surface area contributed by atoms with Gasteiger partial charge < -0.3 is 9.47 Å². The number of nitrogens with zero attached hydrogens (tertiary/aromatic N) is 2. The van der Waals surface area contributed by atoms with Crippen LogP contribution >= 0.6 is 11.3 Å². The molecule has 0 aliphatic rings. The van der Waals surface area contributed by atoms with Crippen molar-refractivity contribution < 1.29 is 0 Å². The van der Waals surface area contributed by atoms with E-state index in [-0.39, 0.29) is 0 Å². The molecule has 0 N–H and O–H groups in total. The lowest BCUT2D eigenvalue weighted by Gasteiger charge is -2.27. The van der Waals surface area contributed by atoms with E-state index in [1.54, 1.807) is 0 Å². The van der Waals surface area contributed by atoms with Crippen molar-refractivity contribution in [3.8, 4) is 5.69 Å². The van der Waals surface area contributed by atoms with Crippen molar-refractivity contribution in [1.29, 1.82) is 0 Å². The van der Waals surface area contributed by atoms with Crippen LogP contribution in [-0.2, 0) is 0 Å². The SMILES string of the molecule is c1ccc(-n2c3ccccc3c3ccc(N(c4ccc5sc6ccccc6c5c4)c4cccc5ccccc45)cc32)cc1. The van der Waals surface area contributed by atoms with Crippen LogP contribution in [0.1, 0.15) is 0 Å². The molecule has 2 aromatic heterocycles. The van der Waals surface area contributed by atoms with E-state index >= 15 is 0 Å². The molecule has 0 bridgehead atoms. The van der Waals surface area contributed by atoms with Gasteiger partial charge in [-0.15, -0.1) is 11.3 Å². The Bertz CT molecular complexity index is 2460. The molecule has 0 radical (unpaired) electrons. The van der Waals surface area contributed by atoms with Gasteiger partial charge in [-0.25, -0.2) is 0 Å². The summed E-state index contributed by atoms with van der Waals surface area (Å²) in [5.74, 6) is 0. The summed E-state index contributed by atoms with van der Waals surface area (Å²) < 4.78 is 5.02. The Morgan fingerprint density at radius 3 is 1.98 bits per heavy atom. The zero-order valence-corrected chi connectivity index (χ0v) is 24.1. The lowest BCUT2D eigenvalue weighted by atomic mass is 10.0. The predicted octanol–water partition coefficient (Wildman–Crippen LogP) is 11.8. The standard InChI is InChI=1S/C40H26N2S/c1-2-13-28(14-3-1)42-37-18-8-6-16-32(37)33-23-21-30(26-38(33)42)41(36-19-10-12-27-11-4-5-15-31(27)36)29-22-24-40-35(25-29)34-17-7-9-20-39(34)43-40/h1-26H. The minimum atomic E-state index is 1.13. The fourth-order valence-corrected chi connectivity index (χ4v) is 7.72. The molecule has 43 heavy (non-hydrogen) atoms. The minimum absolute atomic E-state index is 1.13. The summed E-state index contributed by atoms with van der Waals surface area (Å²) in [6.45, 7) is 0. The summed E-state index contributed by atoms with van der Waals surface area (Å²) in [5.41, 5.74) is 7.00. The lowest BCUT2D eigenvalue weighted by Crippen LogP contribution is -2.10. The van der Waals surface area contributed by atoms with Crippen molar-refractivity contribution in [2.24, 2.45) is 0 Å². The first-order valence-corrected chi connectivity index (χ1v) is 15.4. The number of thiophene rings is 1. The van der Waals surface area contributed by atoms with Gasteiger partial charge in [0.1, 0.15) is 0 Å². The Kier molecular flexibility index (Phi) is 5.40. The van der Waals surface area contributed by atoms with Gasteiger partial charge in [-0.1, -0.05) is 97.1 Å². The molecule has 9 rings (SSSR count). The third kappa shape index (κ3) is 3.79. The first kappa shape index (κ1) is 24.2. The summed E-state index contributed by atoms with van der Waals surface area (Å²) in [6, 6.07) is 57.3. The number of aromatic nitrogens is 1. The van der Waals surface area contributed by atoms with Crippen molar-refractivity contribution in [1.82, 2.24) is 4.57 Å². The number of anilines is 3. The Hall–Kier alpha value is -5.38. The van der Waals surface area contributed by atoms with E-state index in [1.807, 2.05) is 11.3 Å². The van der Waals surface area contributed by atoms with Gasteiger partial charge in [0, 0.05) is 53.4 Å². The second kappa shape index (κ2) is 9.59. The maximum Gasteiger partial charge on any atom is 0.0561 e. The highest BCUT2D eigenvalue weighted by Gasteiger charge is 2.19. The molecule has 3 heteroatoms. The molecule has 0 amide bonds. The fourth-order valence-electron chi connectivity index (χ4n) is 6.64. The highest BCUT2D eigenvalue weighted by atomic mass is 32.1. The van der Waals surface area contributed by atoms with Crippen LogP contribution in [0.2, 0.25) is 0 Å². The Morgan fingerprint density at radius 2 is 1.07 bits per heavy atom. The van der Waals surface area contributed by atoms with Gasteiger partial charge in [-0.05, 0) is 66.0 Å². The summed E-state index contributed by atoms with van der Waals surface area (Å²) in [5, 5.41) is 7.57. The van der Waals surface area contributed by atoms with E-state index in [0.717, 1.165) is 17.1 Å². The fraction of sp³-hybridized carbons (Fsp3) is 0. The topological polar surface area (TPSA) is 8.17 Å². The van der Waals surface area contributed by atoms with E-state index in [2.05, 4.69) is 167 Å². The second-order valence-electron chi connectivity index (χ2n) is 11.0. The molecular formula is C40H26N2S. The molecule has 9 aromatic rings. The number of rotatable bonds is 4. The van der Waals surface area contributed by atoms with Crippen molar-refractivity contribution in [3.63, 3.8) is 0 Å². The van der Waals surface area contributed by atoms with Crippen LogP contribution in [0, 0.1) is 0 Å². The predicted molar refractivity (Wildman–Crippen MR) is 186 cm³/mol. The third-order valence-electron chi connectivity index (χ3n) is 8.56. The van der Waals surface area contributed by atoms with Crippen LogP contribution in [-0.4, -0.2) is 4.57 Å². The van der Waals surface area contributed by atoms with Crippen molar-refractivity contribution in [3.05, 3.63) is 158 Å². The smallest absolute Gasteiger partial charge is 0.0561 e. The van der Waals surface area contributed by atoms with Crippen LogP contribution in [0.15, 0.2) is 158 Å². The van der Waals surface area contributed by atoms with E-state index in [1.165, 1.54) is 58.4 Å². The molecule has 0 aliphatic carbocycles. The van der Waals surface area contributed by atoms with Gasteiger partial charge in [0.05, 0.1) is 16.7 Å². The highest BCUT2D eigenvalue weighted by Crippen LogP contribution is 2.44. The second-order valence-corrected chi connectivity index (χ2v) is 12.1. The van der Waals surface area contributed by atoms with E-state index in [0.29, 0.717) is 0 Å². The van der Waals surface area contributed by atoms with Gasteiger partial charge in [0.25, 0.3) is 0 Å². The van der Waals surface area contributed by atoms with E-state index < -0.39 is 0 Å². The molecule has 0 atom stereocenters. The number of fused-ring (bicyclic) bond motifs is 7. The maximum atomic E-state index is 2.43. The molecule has 0 unspecified atom stereocenters. The monoisotopic (exact) mass is 566 g/mol. The Labute approximate surface area is 253 Å². The molecule has 0 spiro atoms. The zero-order valence-electron chi connectivity index (χ0n) is 23.3. The Balaban J connectivity index is 1.35. The molecule has 0 saturated heterocycles. The van der Waals surface area contributed by atoms with Gasteiger partial charge in [-0.2, -0.15) is 0 Å². The van der Waals surface area contributed by atoms with E-state index in [9.17, 15) is 0 Å². The van der Waals surface area contributed by atoms with Crippen LogP contribution in [0.25, 0.3) is 58.4 Å². The number of hydrogen-bond acceptors (Lipinski definition) is 2. The lowest BCUT2D eigenvalue weighted by molar-refractivity contribution is 1.18. The number of para-hydroxylation sites is 2. The first-order chi connectivity index (χ1) is 21.3. The van der Waals surface area contributed by atoms with Crippen LogP contribution in [0.3, 0.4) is 0 Å². The van der Waals surface area contributed by atoms with E-state index in [4.69, 9.17) is 0 Å². The normalized spacial score (nSPS) is 11.7. The van der Waals surface area contributed by atoms with Gasteiger partial charge >= 0.3 is 0 Å². The quantitative estimate of drug-likeness (QED) is 0.206. The van der Waals surface area contributed by atoms with Crippen LogP contribution in [0.4, 0.5) is 17.1 Å². The van der Waals surface area contributed by atoms with Gasteiger partial charge in [0.15, 0.2) is 0 Å². The Morgan fingerprint density at radius 1 is 0.419 bits per heavy atom. The molecule has 0 fully saturated rings. The minimum Gasteiger partial charge on any atom is -0.310 e. The molecule has 2 nitrogen and oxygen atoms in total. The number of hydrogen-bond donors (Lipinski definition) is 0. The van der Waals surface area contributed by atoms with Crippen LogP contribution < -0.4 is 4.90 Å². The van der Waals surface area contributed by atoms with Crippen molar-refractivity contribution in [2.45, 2.75) is 0 Å². The number of benzene rings is 7. The van der Waals surface area contributed by atoms with Crippen LogP contribution in [0.5, 0.6) is 0 Å². The van der Waals surface area contributed by atoms with Gasteiger partial charge in [-0.3, -0.25) is 0 Å². The molecule has 202 valence electrons. The summed E-state index contributed by atoms with van der Waals surface area (Å²) in [6.07, 6.45) is 0.